The van der Waals surface area contributed by atoms with Gasteiger partial charge in [0, 0.05) is 43.0 Å². The molecule has 1 amide bonds. The van der Waals surface area contributed by atoms with Crippen molar-refractivity contribution in [2.45, 2.75) is 18.9 Å². The molecule has 1 aromatic heterocycles. The van der Waals surface area contributed by atoms with Gasteiger partial charge in [-0.3, -0.25) is 14.7 Å². The number of carbonyl (C=O) groups is 1. The summed E-state index contributed by atoms with van der Waals surface area (Å²) in [5.41, 5.74) is 2.05. The molecule has 1 aromatic carbocycles. The Balaban J connectivity index is 1.59. The lowest BCUT2D eigenvalue weighted by molar-refractivity contribution is -0.121. The van der Waals surface area contributed by atoms with Crippen LogP contribution in [0, 0.1) is 0 Å². The lowest BCUT2D eigenvalue weighted by Crippen LogP contribution is -2.43. The van der Waals surface area contributed by atoms with Crippen LogP contribution in [0.2, 0.25) is 5.02 Å². The standard InChI is InChI=1S/C20H24ClN3O2/c21-17-5-3-4-16(14-17)19(24-10-12-26-13-11-24)15-23-20(25)8-7-18-6-1-2-9-22-18/h1-6,9,14,19H,7-8,10-13,15H2,(H,23,25). The molecule has 26 heavy (non-hydrogen) atoms. The van der Waals surface area contributed by atoms with Crippen molar-refractivity contribution in [3.05, 3.63) is 64.9 Å². The fourth-order valence-corrected chi connectivity index (χ4v) is 3.35. The van der Waals surface area contributed by atoms with Crippen molar-refractivity contribution in [1.29, 1.82) is 0 Å². The van der Waals surface area contributed by atoms with Gasteiger partial charge in [0.25, 0.3) is 0 Å². The van der Waals surface area contributed by atoms with E-state index in [4.69, 9.17) is 16.3 Å². The maximum atomic E-state index is 12.3. The number of benzene rings is 1. The quantitative estimate of drug-likeness (QED) is 0.810. The average Bonchev–Trinajstić information content (AvgIpc) is 2.68. The first-order chi connectivity index (χ1) is 12.7. The van der Waals surface area contributed by atoms with Gasteiger partial charge >= 0.3 is 0 Å². The molecule has 1 aliphatic heterocycles. The summed E-state index contributed by atoms with van der Waals surface area (Å²) in [6, 6.07) is 13.7. The molecule has 138 valence electrons. The number of ether oxygens (including phenoxy) is 1. The Morgan fingerprint density at radius 1 is 1.23 bits per heavy atom. The molecule has 6 heteroatoms. The van der Waals surface area contributed by atoms with Crippen molar-refractivity contribution in [1.82, 2.24) is 15.2 Å². The van der Waals surface area contributed by atoms with E-state index in [-0.39, 0.29) is 11.9 Å². The molecule has 1 fully saturated rings. The first kappa shape index (κ1) is 18.8. The van der Waals surface area contributed by atoms with Gasteiger partial charge in [-0.2, -0.15) is 0 Å². The molecule has 1 atom stereocenters. The summed E-state index contributed by atoms with van der Waals surface area (Å²) in [4.78, 5) is 18.9. The third kappa shape index (κ3) is 5.53. The predicted octanol–water partition coefficient (Wildman–Crippen LogP) is 2.86. The van der Waals surface area contributed by atoms with Gasteiger partial charge < -0.3 is 10.1 Å². The minimum absolute atomic E-state index is 0.0379. The smallest absolute Gasteiger partial charge is 0.220 e. The highest BCUT2D eigenvalue weighted by Crippen LogP contribution is 2.24. The number of rotatable bonds is 7. The molecular weight excluding hydrogens is 350 g/mol. The Bertz CT molecular complexity index is 705. The zero-order chi connectivity index (χ0) is 18.2. The monoisotopic (exact) mass is 373 g/mol. The molecule has 0 saturated carbocycles. The number of nitrogens with zero attached hydrogens (tertiary/aromatic N) is 2. The van der Waals surface area contributed by atoms with Crippen LogP contribution >= 0.6 is 11.6 Å². The van der Waals surface area contributed by atoms with Crippen LogP contribution in [0.1, 0.15) is 23.7 Å². The van der Waals surface area contributed by atoms with E-state index in [0.29, 0.717) is 37.6 Å². The number of aromatic nitrogens is 1. The molecule has 0 bridgehead atoms. The first-order valence-electron chi connectivity index (χ1n) is 8.96. The van der Waals surface area contributed by atoms with Crippen molar-refractivity contribution < 1.29 is 9.53 Å². The number of nitrogens with one attached hydrogen (secondary N) is 1. The van der Waals surface area contributed by atoms with Gasteiger partial charge in [-0.1, -0.05) is 29.8 Å². The van der Waals surface area contributed by atoms with Crippen LogP contribution in [-0.4, -0.2) is 48.6 Å². The van der Waals surface area contributed by atoms with Crippen molar-refractivity contribution in [2.24, 2.45) is 0 Å². The van der Waals surface area contributed by atoms with Gasteiger partial charge in [0.1, 0.15) is 0 Å². The Labute approximate surface area is 159 Å². The third-order valence-electron chi connectivity index (χ3n) is 4.55. The summed E-state index contributed by atoms with van der Waals surface area (Å²) in [6.45, 7) is 3.68. The van der Waals surface area contributed by atoms with Crippen LogP contribution in [0.15, 0.2) is 48.7 Å². The fourth-order valence-electron chi connectivity index (χ4n) is 3.15. The summed E-state index contributed by atoms with van der Waals surface area (Å²) in [5, 5.41) is 3.79. The molecule has 3 rings (SSSR count). The largest absolute Gasteiger partial charge is 0.379 e. The summed E-state index contributed by atoms with van der Waals surface area (Å²) < 4.78 is 5.46. The topological polar surface area (TPSA) is 54.5 Å². The van der Waals surface area contributed by atoms with E-state index in [9.17, 15) is 4.79 Å². The Morgan fingerprint density at radius 3 is 2.81 bits per heavy atom. The van der Waals surface area contributed by atoms with Crippen LogP contribution in [0.25, 0.3) is 0 Å². The van der Waals surface area contributed by atoms with E-state index < -0.39 is 0 Å². The van der Waals surface area contributed by atoms with Gasteiger partial charge in [0.05, 0.1) is 19.3 Å². The first-order valence-corrected chi connectivity index (χ1v) is 9.34. The summed E-state index contributed by atoms with van der Waals surface area (Å²) in [6.07, 6.45) is 2.83. The van der Waals surface area contributed by atoms with Gasteiger partial charge in [0.2, 0.25) is 5.91 Å². The molecular formula is C20H24ClN3O2. The molecule has 0 spiro atoms. The normalized spacial score (nSPS) is 16.2. The summed E-state index contributed by atoms with van der Waals surface area (Å²) >= 11 is 6.17. The van der Waals surface area contributed by atoms with Crippen LogP contribution in [0.3, 0.4) is 0 Å². The maximum absolute atomic E-state index is 12.3. The minimum Gasteiger partial charge on any atom is -0.379 e. The molecule has 2 heterocycles. The van der Waals surface area contributed by atoms with Crippen molar-refractivity contribution >= 4 is 17.5 Å². The summed E-state index contributed by atoms with van der Waals surface area (Å²) in [5.74, 6) is 0.0379. The molecule has 1 aliphatic rings. The Hall–Kier alpha value is -1.95. The number of morpholine rings is 1. The number of carbonyl (C=O) groups excluding carboxylic acids is 1. The van der Waals surface area contributed by atoms with Gasteiger partial charge in [0.15, 0.2) is 0 Å². The Morgan fingerprint density at radius 2 is 2.08 bits per heavy atom. The van der Waals surface area contributed by atoms with Crippen molar-refractivity contribution in [2.75, 3.05) is 32.8 Å². The van der Waals surface area contributed by atoms with E-state index in [1.54, 1.807) is 6.20 Å². The number of pyridine rings is 1. The van der Waals surface area contributed by atoms with Crippen LogP contribution in [0.5, 0.6) is 0 Å². The second-order valence-electron chi connectivity index (χ2n) is 6.34. The van der Waals surface area contributed by atoms with Gasteiger partial charge in [-0.15, -0.1) is 0 Å². The van der Waals surface area contributed by atoms with Crippen molar-refractivity contribution in [3.8, 4) is 0 Å². The minimum atomic E-state index is 0.0379. The highest BCUT2D eigenvalue weighted by atomic mass is 35.5. The van der Waals surface area contributed by atoms with Crippen LogP contribution in [-0.2, 0) is 16.0 Å². The second kappa shape index (κ2) is 9.67. The molecule has 0 aliphatic carbocycles. The molecule has 5 nitrogen and oxygen atoms in total. The number of hydrogen-bond acceptors (Lipinski definition) is 4. The van der Waals surface area contributed by atoms with Gasteiger partial charge in [-0.05, 0) is 36.2 Å². The highest BCUT2D eigenvalue weighted by Gasteiger charge is 2.23. The number of hydrogen-bond donors (Lipinski definition) is 1. The number of halogens is 1. The van der Waals surface area contributed by atoms with Crippen LogP contribution in [0.4, 0.5) is 0 Å². The van der Waals surface area contributed by atoms with E-state index in [1.807, 2.05) is 36.4 Å². The Kier molecular flexibility index (Phi) is 7.00. The van der Waals surface area contributed by atoms with Crippen LogP contribution < -0.4 is 5.32 Å². The lowest BCUT2D eigenvalue weighted by Gasteiger charge is -2.35. The van der Waals surface area contributed by atoms with E-state index in [0.717, 1.165) is 24.3 Å². The predicted molar refractivity (Wildman–Crippen MR) is 102 cm³/mol. The third-order valence-corrected chi connectivity index (χ3v) is 4.78. The number of aryl methyl sites for hydroxylation is 1. The molecule has 2 aromatic rings. The van der Waals surface area contributed by atoms with Gasteiger partial charge in [-0.25, -0.2) is 0 Å². The van der Waals surface area contributed by atoms with Crippen molar-refractivity contribution in [3.63, 3.8) is 0 Å². The zero-order valence-electron chi connectivity index (χ0n) is 14.7. The fraction of sp³-hybridized carbons (Fsp3) is 0.400. The molecule has 1 unspecified atom stereocenters. The summed E-state index contributed by atoms with van der Waals surface area (Å²) in [7, 11) is 0. The SMILES string of the molecule is O=C(CCc1ccccn1)NCC(c1cccc(Cl)c1)N1CCOCC1. The maximum Gasteiger partial charge on any atom is 0.220 e. The second-order valence-corrected chi connectivity index (χ2v) is 6.78. The molecule has 1 saturated heterocycles. The van der Waals surface area contributed by atoms with E-state index >= 15 is 0 Å². The highest BCUT2D eigenvalue weighted by molar-refractivity contribution is 6.30. The average molecular weight is 374 g/mol. The number of amides is 1. The molecule has 0 radical (unpaired) electrons. The zero-order valence-corrected chi connectivity index (χ0v) is 15.5. The van der Waals surface area contributed by atoms with E-state index in [1.165, 1.54) is 0 Å². The van der Waals surface area contributed by atoms with E-state index in [2.05, 4.69) is 21.3 Å². The molecule has 1 N–H and O–H groups in total. The lowest BCUT2D eigenvalue weighted by atomic mass is 10.0.